The van der Waals surface area contributed by atoms with Crippen molar-refractivity contribution in [2.24, 2.45) is 0 Å². The van der Waals surface area contributed by atoms with Gasteiger partial charge in [0.2, 0.25) is 4.60 Å². The first-order chi connectivity index (χ1) is 5.52. The highest BCUT2D eigenvalue weighted by molar-refractivity contribution is 14.1. The molecule has 1 aromatic rings. The van der Waals surface area contributed by atoms with Crippen molar-refractivity contribution < 1.29 is 4.92 Å². The van der Waals surface area contributed by atoms with Crippen molar-refractivity contribution in [3.05, 3.63) is 29.9 Å². The molecule has 0 aromatic carbocycles. The van der Waals surface area contributed by atoms with E-state index in [0.717, 1.165) is 5.56 Å². The van der Waals surface area contributed by atoms with Crippen LogP contribution in [0.5, 0.6) is 0 Å². The van der Waals surface area contributed by atoms with E-state index in [1.165, 1.54) is 0 Å². The predicted octanol–water partition coefficient (Wildman–Crippen LogP) is 2.67. The lowest BCUT2D eigenvalue weighted by Gasteiger charge is -1.97. The fourth-order valence-corrected chi connectivity index (χ4v) is 1.74. The fourth-order valence-electron chi connectivity index (χ4n) is 0.677. The van der Waals surface area contributed by atoms with Crippen LogP contribution in [0.25, 0.3) is 0 Å². The third-order valence-electron chi connectivity index (χ3n) is 1.26. The van der Waals surface area contributed by atoms with E-state index < -0.39 is 4.92 Å². The van der Waals surface area contributed by atoms with Crippen LogP contribution in [-0.2, 0) is 0 Å². The molecule has 0 radical (unpaired) electrons. The summed E-state index contributed by atoms with van der Waals surface area (Å²) in [5.41, 5.74) is 0.894. The lowest BCUT2D eigenvalue weighted by molar-refractivity contribution is -0.390. The molecule has 0 aliphatic rings. The van der Waals surface area contributed by atoms with Crippen LogP contribution >= 0.6 is 38.5 Å². The smallest absolute Gasteiger partial charge is 0.358 e. The Morgan fingerprint density at radius 3 is 2.83 bits per heavy atom. The molecule has 6 heteroatoms. The molecular weight excluding hydrogens is 339 g/mol. The van der Waals surface area contributed by atoms with E-state index in [-0.39, 0.29) is 5.82 Å². The van der Waals surface area contributed by atoms with Gasteiger partial charge in [-0.15, -0.1) is 0 Å². The number of hydrogen-bond acceptors (Lipinski definition) is 3. The average Bonchev–Trinajstić information content (AvgIpc) is 1.96. The molecule has 1 aromatic heterocycles. The zero-order valence-electron chi connectivity index (χ0n) is 6.04. The summed E-state index contributed by atoms with van der Waals surface area (Å²) >= 11 is 5.02. The normalized spacial score (nSPS) is 9.92. The van der Waals surface area contributed by atoms with Gasteiger partial charge in [-0.2, -0.15) is 0 Å². The summed E-state index contributed by atoms with van der Waals surface area (Å²) in [6.07, 6.45) is 0. The molecule has 0 saturated carbocycles. The quantitative estimate of drug-likeness (QED) is 0.341. The van der Waals surface area contributed by atoms with Crippen molar-refractivity contribution in [2.45, 2.75) is 6.92 Å². The molecule has 0 spiro atoms. The highest BCUT2D eigenvalue weighted by Gasteiger charge is 2.16. The van der Waals surface area contributed by atoms with Gasteiger partial charge in [0.25, 0.3) is 0 Å². The van der Waals surface area contributed by atoms with Crippen LogP contribution in [0.4, 0.5) is 5.82 Å². The van der Waals surface area contributed by atoms with E-state index in [4.69, 9.17) is 0 Å². The van der Waals surface area contributed by atoms with Gasteiger partial charge in [0, 0.05) is 21.5 Å². The number of rotatable bonds is 1. The van der Waals surface area contributed by atoms with Crippen molar-refractivity contribution in [3.63, 3.8) is 0 Å². The molecule has 0 N–H and O–H groups in total. The molecule has 1 heterocycles. The summed E-state index contributed by atoms with van der Waals surface area (Å²) in [5.74, 6) is -0.104. The second-order valence-corrected chi connectivity index (χ2v) is 4.07. The van der Waals surface area contributed by atoms with Gasteiger partial charge >= 0.3 is 5.82 Å². The van der Waals surface area contributed by atoms with E-state index in [1.54, 1.807) is 6.07 Å². The number of halogens is 2. The summed E-state index contributed by atoms with van der Waals surface area (Å²) in [7, 11) is 0. The molecule has 0 unspecified atom stereocenters. The highest BCUT2D eigenvalue weighted by atomic mass is 127. The second-order valence-electron chi connectivity index (χ2n) is 2.16. The van der Waals surface area contributed by atoms with Gasteiger partial charge in [-0.05, 0) is 45.5 Å². The van der Waals surface area contributed by atoms with E-state index >= 15 is 0 Å². The predicted molar refractivity (Wildman–Crippen MR) is 56.0 cm³/mol. The van der Waals surface area contributed by atoms with E-state index in [1.807, 2.05) is 29.5 Å². The lowest BCUT2D eigenvalue weighted by Crippen LogP contribution is -1.96. The van der Waals surface area contributed by atoms with Crippen molar-refractivity contribution in [1.29, 1.82) is 0 Å². The number of aromatic nitrogens is 1. The van der Waals surface area contributed by atoms with Crippen LogP contribution < -0.4 is 0 Å². The van der Waals surface area contributed by atoms with Gasteiger partial charge in [-0.1, -0.05) is 0 Å². The summed E-state index contributed by atoms with van der Waals surface area (Å²) in [5, 5.41) is 10.4. The maximum Gasteiger partial charge on any atom is 0.378 e. The minimum Gasteiger partial charge on any atom is -0.358 e. The lowest BCUT2D eigenvalue weighted by atomic mass is 10.3. The molecule has 0 aliphatic heterocycles. The Balaban J connectivity index is 3.33. The van der Waals surface area contributed by atoms with E-state index in [9.17, 15) is 10.1 Å². The van der Waals surface area contributed by atoms with Crippen molar-refractivity contribution in [2.75, 3.05) is 0 Å². The minimum absolute atomic E-state index is 0.104. The van der Waals surface area contributed by atoms with E-state index in [0.29, 0.717) is 8.17 Å². The number of nitrogens with zero attached hydrogens (tertiary/aromatic N) is 2. The van der Waals surface area contributed by atoms with Crippen LogP contribution in [0.15, 0.2) is 10.7 Å². The summed E-state index contributed by atoms with van der Waals surface area (Å²) in [6, 6.07) is 1.72. The Morgan fingerprint density at radius 2 is 2.33 bits per heavy atom. The summed E-state index contributed by atoms with van der Waals surface area (Å²) in [6.45, 7) is 1.84. The van der Waals surface area contributed by atoms with Gasteiger partial charge in [0.15, 0.2) is 0 Å². The zero-order valence-corrected chi connectivity index (χ0v) is 9.79. The van der Waals surface area contributed by atoms with Crippen LogP contribution in [0.1, 0.15) is 5.56 Å². The third kappa shape index (κ3) is 1.92. The molecular formula is C6H4BrIN2O2. The SMILES string of the molecule is Cc1cc(I)c([N+](=O)[O-])nc1Br. The fraction of sp³-hybridized carbons (Fsp3) is 0.167. The number of aryl methyl sites for hydroxylation is 1. The molecule has 0 saturated heterocycles. The number of pyridine rings is 1. The molecule has 0 amide bonds. The van der Waals surface area contributed by atoms with Crippen molar-refractivity contribution >= 4 is 44.3 Å². The number of nitro groups is 1. The van der Waals surface area contributed by atoms with Gasteiger partial charge in [-0.3, -0.25) is 0 Å². The molecule has 64 valence electrons. The maximum absolute atomic E-state index is 10.4. The standard InChI is InChI=1S/C6H4BrIN2O2/c1-3-2-4(8)6(10(11)12)9-5(3)7/h2H,1H3. The zero-order chi connectivity index (χ0) is 9.30. The molecule has 1 rings (SSSR count). The molecule has 0 bridgehead atoms. The third-order valence-corrected chi connectivity index (χ3v) is 2.86. The Labute approximate surface area is 90.8 Å². The van der Waals surface area contributed by atoms with Gasteiger partial charge in [0.05, 0.1) is 0 Å². The van der Waals surface area contributed by atoms with Crippen LogP contribution in [0, 0.1) is 20.6 Å². The second kappa shape index (κ2) is 3.65. The first-order valence-electron chi connectivity index (χ1n) is 2.99. The monoisotopic (exact) mass is 342 g/mol. The van der Waals surface area contributed by atoms with Crippen LogP contribution in [0.3, 0.4) is 0 Å². The molecule has 0 fully saturated rings. The first-order valence-corrected chi connectivity index (χ1v) is 4.86. The number of hydrogen-bond donors (Lipinski definition) is 0. The van der Waals surface area contributed by atoms with Gasteiger partial charge in [-0.25, -0.2) is 0 Å². The van der Waals surface area contributed by atoms with Crippen LogP contribution in [0.2, 0.25) is 0 Å². The maximum atomic E-state index is 10.4. The summed E-state index contributed by atoms with van der Waals surface area (Å²) < 4.78 is 1.08. The molecule has 12 heavy (non-hydrogen) atoms. The first kappa shape index (κ1) is 9.85. The average molecular weight is 343 g/mol. The highest BCUT2D eigenvalue weighted by Crippen LogP contribution is 2.23. The Bertz CT molecular complexity index is 343. The topological polar surface area (TPSA) is 56.0 Å². The molecule has 4 nitrogen and oxygen atoms in total. The Hall–Kier alpha value is -0.240. The van der Waals surface area contributed by atoms with Crippen LogP contribution in [-0.4, -0.2) is 9.91 Å². The van der Waals surface area contributed by atoms with Crippen molar-refractivity contribution in [1.82, 2.24) is 4.98 Å². The Kier molecular flexibility index (Phi) is 2.99. The summed E-state index contributed by atoms with van der Waals surface area (Å²) in [4.78, 5) is 13.7. The van der Waals surface area contributed by atoms with Gasteiger partial charge in [0.1, 0.15) is 3.57 Å². The largest absolute Gasteiger partial charge is 0.378 e. The molecule has 0 aliphatic carbocycles. The molecule has 0 atom stereocenters. The Morgan fingerprint density at radius 1 is 1.75 bits per heavy atom. The van der Waals surface area contributed by atoms with Crippen molar-refractivity contribution in [3.8, 4) is 0 Å². The van der Waals surface area contributed by atoms with Gasteiger partial charge < -0.3 is 10.1 Å². The minimum atomic E-state index is -0.494. The van der Waals surface area contributed by atoms with E-state index in [2.05, 4.69) is 20.9 Å².